The highest BCUT2D eigenvalue weighted by Gasteiger charge is 2.34. The fraction of sp³-hybridized carbons (Fsp3) is 0.583. The van der Waals surface area contributed by atoms with Crippen molar-refractivity contribution in [3.8, 4) is 0 Å². The van der Waals surface area contributed by atoms with Gasteiger partial charge in [-0.05, 0) is 32.3 Å². The van der Waals surface area contributed by atoms with Crippen molar-refractivity contribution >= 4 is 5.97 Å². The van der Waals surface area contributed by atoms with Crippen LogP contribution in [-0.2, 0) is 22.1 Å². The minimum Gasteiger partial charge on any atom is -0.466 e. The lowest BCUT2D eigenvalue weighted by molar-refractivity contribution is -0.145. The SMILES string of the molecule is CCOC(=O)CCCc1cnc(C(F)(F)F)nc1C. The lowest BCUT2D eigenvalue weighted by Crippen LogP contribution is -2.13. The van der Waals surface area contributed by atoms with Crippen LogP contribution in [0.2, 0.25) is 0 Å². The van der Waals surface area contributed by atoms with E-state index in [0.717, 1.165) is 6.20 Å². The summed E-state index contributed by atoms with van der Waals surface area (Å²) in [7, 11) is 0. The molecule has 0 aromatic carbocycles. The Hall–Kier alpha value is -1.66. The van der Waals surface area contributed by atoms with Crippen LogP contribution in [0, 0.1) is 6.92 Å². The minimum absolute atomic E-state index is 0.230. The van der Waals surface area contributed by atoms with Gasteiger partial charge in [-0.25, -0.2) is 9.97 Å². The van der Waals surface area contributed by atoms with E-state index in [4.69, 9.17) is 4.74 Å². The molecule has 0 fully saturated rings. The lowest BCUT2D eigenvalue weighted by atomic mass is 10.1. The van der Waals surface area contributed by atoms with Gasteiger partial charge in [0.05, 0.1) is 6.61 Å². The van der Waals surface area contributed by atoms with Crippen molar-refractivity contribution in [1.29, 1.82) is 0 Å². The third-order valence-electron chi connectivity index (χ3n) is 2.47. The molecule has 0 amide bonds. The molecular weight excluding hydrogens is 261 g/mol. The molecule has 4 nitrogen and oxygen atoms in total. The van der Waals surface area contributed by atoms with E-state index in [1.165, 1.54) is 6.92 Å². The smallest absolute Gasteiger partial charge is 0.451 e. The van der Waals surface area contributed by atoms with Crippen molar-refractivity contribution in [2.45, 2.75) is 39.3 Å². The van der Waals surface area contributed by atoms with Crippen molar-refractivity contribution in [1.82, 2.24) is 9.97 Å². The Morgan fingerprint density at radius 2 is 2.11 bits per heavy atom. The molecule has 0 aliphatic heterocycles. The van der Waals surface area contributed by atoms with Crippen molar-refractivity contribution in [3.05, 3.63) is 23.3 Å². The van der Waals surface area contributed by atoms with E-state index in [9.17, 15) is 18.0 Å². The number of nitrogens with zero attached hydrogens (tertiary/aromatic N) is 2. The molecule has 7 heteroatoms. The normalized spacial score (nSPS) is 11.4. The van der Waals surface area contributed by atoms with Gasteiger partial charge in [-0.15, -0.1) is 0 Å². The Labute approximate surface area is 109 Å². The zero-order valence-corrected chi connectivity index (χ0v) is 10.8. The molecule has 1 aromatic heterocycles. The highest BCUT2D eigenvalue weighted by atomic mass is 19.4. The summed E-state index contributed by atoms with van der Waals surface area (Å²) in [4.78, 5) is 17.8. The summed E-state index contributed by atoms with van der Waals surface area (Å²) in [5.41, 5.74) is 0.892. The fourth-order valence-corrected chi connectivity index (χ4v) is 1.53. The Morgan fingerprint density at radius 3 is 2.63 bits per heavy atom. The molecule has 0 radical (unpaired) electrons. The van der Waals surface area contributed by atoms with Gasteiger partial charge in [0.25, 0.3) is 0 Å². The second-order valence-corrected chi connectivity index (χ2v) is 3.96. The number of rotatable bonds is 5. The van der Waals surface area contributed by atoms with E-state index < -0.39 is 12.0 Å². The molecule has 0 unspecified atom stereocenters. The fourth-order valence-electron chi connectivity index (χ4n) is 1.53. The average molecular weight is 276 g/mol. The quantitative estimate of drug-likeness (QED) is 0.776. The van der Waals surface area contributed by atoms with Crippen LogP contribution >= 0.6 is 0 Å². The highest BCUT2D eigenvalue weighted by molar-refractivity contribution is 5.69. The van der Waals surface area contributed by atoms with Gasteiger partial charge in [0.15, 0.2) is 0 Å². The van der Waals surface area contributed by atoms with Gasteiger partial charge in [0.1, 0.15) is 0 Å². The molecule has 1 rings (SSSR count). The predicted octanol–water partition coefficient (Wildman–Crippen LogP) is 2.69. The van der Waals surface area contributed by atoms with Crippen LogP contribution in [0.5, 0.6) is 0 Å². The number of ether oxygens (including phenoxy) is 1. The summed E-state index contributed by atoms with van der Waals surface area (Å²) in [5.74, 6) is -1.45. The van der Waals surface area contributed by atoms with E-state index in [1.807, 2.05) is 0 Å². The highest BCUT2D eigenvalue weighted by Crippen LogP contribution is 2.26. The molecule has 0 bridgehead atoms. The van der Waals surface area contributed by atoms with E-state index in [1.54, 1.807) is 6.92 Å². The second-order valence-electron chi connectivity index (χ2n) is 3.96. The number of carbonyl (C=O) groups excluding carboxylic acids is 1. The van der Waals surface area contributed by atoms with Gasteiger partial charge in [-0.1, -0.05) is 0 Å². The van der Waals surface area contributed by atoms with Crippen LogP contribution in [-0.4, -0.2) is 22.5 Å². The Balaban J connectivity index is 2.58. The van der Waals surface area contributed by atoms with Crippen molar-refractivity contribution in [3.63, 3.8) is 0 Å². The number of aromatic nitrogens is 2. The molecule has 0 N–H and O–H groups in total. The Morgan fingerprint density at radius 1 is 1.42 bits per heavy atom. The zero-order valence-electron chi connectivity index (χ0n) is 10.8. The number of hydrogen-bond acceptors (Lipinski definition) is 4. The number of hydrogen-bond donors (Lipinski definition) is 0. The maximum absolute atomic E-state index is 12.4. The van der Waals surface area contributed by atoms with E-state index >= 15 is 0 Å². The van der Waals surface area contributed by atoms with Gasteiger partial charge >= 0.3 is 12.1 Å². The standard InChI is InChI=1S/C12H15F3N2O2/c1-3-19-10(18)6-4-5-9-7-16-11(12(13,14)15)17-8(9)2/h7H,3-6H2,1-2H3. The van der Waals surface area contributed by atoms with E-state index in [2.05, 4.69) is 9.97 Å². The summed E-state index contributed by atoms with van der Waals surface area (Å²) in [6.45, 7) is 3.53. The third kappa shape index (κ3) is 4.84. The van der Waals surface area contributed by atoms with Crippen molar-refractivity contribution in [2.75, 3.05) is 6.61 Å². The van der Waals surface area contributed by atoms with Gasteiger partial charge in [0.2, 0.25) is 5.82 Å². The summed E-state index contributed by atoms with van der Waals surface area (Å²) in [6.07, 6.45) is -2.20. The third-order valence-corrected chi connectivity index (χ3v) is 2.47. The molecule has 0 saturated heterocycles. The molecule has 1 heterocycles. The zero-order chi connectivity index (χ0) is 14.5. The minimum atomic E-state index is -4.53. The topological polar surface area (TPSA) is 52.1 Å². The van der Waals surface area contributed by atoms with Gasteiger partial charge < -0.3 is 4.74 Å². The number of esters is 1. The number of halogens is 3. The number of aryl methyl sites for hydroxylation is 2. The molecule has 0 saturated carbocycles. The monoisotopic (exact) mass is 276 g/mol. The van der Waals surface area contributed by atoms with Gasteiger partial charge in [0, 0.05) is 18.3 Å². The van der Waals surface area contributed by atoms with Crippen molar-refractivity contribution in [2.24, 2.45) is 0 Å². The number of carbonyl (C=O) groups is 1. The van der Waals surface area contributed by atoms with Crippen LogP contribution in [0.15, 0.2) is 6.20 Å². The molecule has 106 valence electrons. The van der Waals surface area contributed by atoms with Crippen LogP contribution in [0.1, 0.15) is 36.8 Å². The Bertz CT molecular complexity index is 447. The van der Waals surface area contributed by atoms with Gasteiger partial charge in [-0.2, -0.15) is 13.2 Å². The first-order valence-corrected chi connectivity index (χ1v) is 5.90. The van der Waals surface area contributed by atoms with Crippen LogP contribution < -0.4 is 0 Å². The summed E-state index contributed by atoms with van der Waals surface area (Å²) < 4.78 is 41.8. The summed E-state index contributed by atoms with van der Waals surface area (Å²) in [5, 5.41) is 0. The first-order valence-electron chi connectivity index (χ1n) is 5.90. The van der Waals surface area contributed by atoms with Crippen LogP contribution in [0.25, 0.3) is 0 Å². The van der Waals surface area contributed by atoms with E-state index in [0.29, 0.717) is 25.0 Å². The van der Waals surface area contributed by atoms with Gasteiger partial charge in [-0.3, -0.25) is 4.79 Å². The first kappa shape index (κ1) is 15.4. The largest absolute Gasteiger partial charge is 0.466 e. The molecular formula is C12H15F3N2O2. The summed E-state index contributed by atoms with van der Waals surface area (Å²) >= 11 is 0. The molecule has 0 atom stereocenters. The molecule has 1 aromatic rings. The second kappa shape index (κ2) is 6.49. The average Bonchev–Trinajstić information content (AvgIpc) is 2.30. The van der Waals surface area contributed by atoms with Crippen molar-refractivity contribution < 1.29 is 22.7 Å². The number of alkyl halides is 3. The molecule has 0 spiro atoms. The summed E-state index contributed by atoms with van der Waals surface area (Å²) in [6, 6.07) is 0. The van der Waals surface area contributed by atoms with E-state index in [-0.39, 0.29) is 18.1 Å². The molecule has 0 aliphatic carbocycles. The Kier molecular flexibility index (Phi) is 5.26. The first-order chi connectivity index (χ1) is 8.84. The maximum Gasteiger partial charge on any atom is 0.451 e. The lowest BCUT2D eigenvalue weighted by Gasteiger charge is -2.08. The van der Waals surface area contributed by atoms with Crippen LogP contribution in [0.4, 0.5) is 13.2 Å². The van der Waals surface area contributed by atoms with Crippen LogP contribution in [0.3, 0.4) is 0 Å². The maximum atomic E-state index is 12.4. The molecule has 0 aliphatic rings. The molecule has 19 heavy (non-hydrogen) atoms. The predicted molar refractivity (Wildman–Crippen MR) is 61.3 cm³/mol.